The third kappa shape index (κ3) is 7.12. The van der Waals surface area contributed by atoms with Crippen molar-refractivity contribution in [2.24, 2.45) is 5.92 Å². The van der Waals surface area contributed by atoms with Crippen molar-refractivity contribution in [1.29, 1.82) is 0 Å². The van der Waals surface area contributed by atoms with Gasteiger partial charge in [0, 0.05) is 18.4 Å². The average Bonchev–Trinajstić information content (AvgIpc) is 2.87. The van der Waals surface area contributed by atoms with E-state index in [2.05, 4.69) is 19.2 Å². The Bertz CT molecular complexity index is 1620. The Morgan fingerprint density at radius 3 is 2.28 bits per heavy atom. The highest BCUT2D eigenvalue weighted by Crippen LogP contribution is 2.33. The molecule has 4 rings (SSSR count). The molecular weight excluding hydrogens is 510 g/mol. The molecule has 1 unspecified atom stereocenters. The molecule has 0 fully saturated rings. The lowest BCUT2D eigenvalue weighted by Crippen LogP contribution is -2.24. The molecule has 0 aliphatic carbocycles. The zero-order valence-electron chi connectivity index (χ0n) is 22.3. The predicted molar refractivity (Wildman–Crippen MR) is 156 cm³/mol. The normalized spacial score (nSPS) is 12.4. The Morgan fingerprint density at radius 1 is 0.872 bits per heavy atom. The van der Waals surface area contributed by atoms with Gasteiger partial charge in [-0.25, -0.2) is 13.2 Å². The van der Waals surface area contributed by atoms with Gasteiger partial charge >= 0.3 is 5.97 Å². The molecule has 0 aliphatic rings. The van der Waals surface area contributed by atoms with Crippen LogP contribution in [0, 0.1) is 5.92 Å². The molecule has 7 heteroatoms. The van der Waals surface area contributed by atoms with E-state index in [-0.39, 0.29) is 29.6 Å². The van der Waals surface area contributed by atoms with E-state index in [1.807, 2.05) is 42.5 Å². The van der Waals surface area contributed by atoms with Gasteiger partial charge < -0.3 is 10.4 Å². The van der Waals surface area contributed by atoms with Crippen molar-refractivity contribution < 1.29 is 23.1 Å². The number of sulfone groups is 1. The van der Waals surface area contributed by atoms with Gasteiger partial charge in [0.2, 0.25) is 5.91 Å². The summed E-state index contributed by atoms with van der Waals surface area (Å²) in [4.78, 5) is 25.8. The third-order valence-electron chi connectivity index (χ3n) is 6.71. The number of carbonyl (C=O) groups is 2. The molecule has 0 spiro atoms. The number of rotatable bonds is 10. The number of fused-ring (bicyclic) bond motifs is 1. The molecule has 0 heterocycles. The quantitative estimate of drug-likeness (QED) is 0.240. The minimum absolute atomic E-state index is 0.166. The fourth-order valence-corrected chi connectivity index (χ4v) is 5.78. The number of hydrogen-bond acceptors (Lipinski definition) is 4. The van der Waals surface area contributed by atoms with Crippen LogP contribution in [0.5, 0.6) is 0 Å². The number of aromatic carboxylic acids is 1. The summed E-state index contributed by atoms with van der Waals surface area (Å²) in [5.74, 6) is -1.57. The van der Waals surface area contributed by atoms with E-state index in [4.69, 9.17) is 0 Å². The highest BCUT2D eigenvalue weighted by atomic mass is 32.2. The number of hydrogen-bond donors (Lipinski definition) is 2. The zero-order chi connectivity index (χ0) is 28.2. The Morgan fingerprint density at radius 2 is 1.56 bits per heavy atom. The largest absolute Gasteiger partial charge is 0.478 e. The maximum absolute atomic E-state index is 13.9. The zero-order valence-corrected chi connectivity index (χ0v) is 23.2. The highest BCUT2D eigenvalue weighted by Gasteiger charge is 2.25. The fourth-order valence-electron chi connectivity index (χ4n) is 5.00. The summed E-state index contributed by atoms with van der Waals surface area (Å²) in [5.41, 5.74) is 3.46. The summed E-state index contributed by atoms with van der Waals surface area (Å²) in [6.45, 7) is 4.15. The van der Waals surface area contributed by atoms with Crippen molar-refractivity contribution in [1.82, 2.24) is 0 Å². The standard InChI is InChI=1S/C32H33NO5S/c1-21(2)17-29(28-14-8-11-23-9-4-6-12-26(23)28)31(34)33-30-18-22(20-39(3,37)38)15-16-25(30)19-24-10-5-7-13-27(24)32(35)36/h4-16,18,21,29H,17,19-20H2,1-3H3,(H,33,34)(H,35,36). The molecule has 0 saturated heterocycles. The van der Waals surface area contributed by atoms with E-state index in [0.29, 0.717) is 28.8 Å². The SMILES string of the molecule is CC(C)CC(C(=O)Nc1cc(CS(C)(=O)=O)ccc1Cc1ccccc1C(=O)O)c1cccc2ccccc12. The molecule has 39 heavy (non-hydrogen) atoms. The van der Waals surface area contributed by atoms with Gasteiger partial charge in [0.15, 0.2) is 9.84 Å². The van der Waals surface area contributed by atoms with Crippen molar-refractivity contribution in [3.63, 3.8) is 0 Å². The number of anilines is 1. The van der Waals surface area contributed by atoms with E-state index >= 15 is 0 Å². The van der Waals surface area contributed by atoms with Crippen molar-refractivity contribution in [2.45, 2.75) is 38.4 Å². The highest BCUT2D eigenvalue weighted by molar-refractivity contribution is 7.89. The smallest absolute Gasteiger partial charge is 0.335 e. The summed E-state index contributed by atoms with van der Waals surface area (Å²) >= 11 is 0. The predicted octanol–water partition coefficient (Wildman–Crippen LogP) is 6.44. The maximum Gasteiger partial charge on any atom is 0.335 e. The molecule has 0 radical (unpaired) electrons. The van der Waals surface area contributed by atoms with Crippen molar-refractivity contribution in [2.75, 3.05) is 11.6 Å². The summed E-state index contributed by atoms with van der Waals surface area (Å²) in [6, 6.07) is 25.9. The Labute approximate surface area is 229 Å². The molecule has 1 atom stereocenters. The van der Waals surface area contributed by atoms with Crippen LogP contribution in [-0.4, -0.2) is 31.7 Å². The molecule has 1 amide bonds. The molecule has 0 aromatic heterocycles. The second kappa shape index (κ2) is 11.8. The minimum atomic E-state index is -3.30. The molecule has 2 N–H and O–H groups in total. The van der Waals surface area contributed by atoms with E-state index < -0.39 is 21.7 Å². The lowest BCUT2D eigenvalue weighted by Gasteiger charge is -2.22. The molecule has 4 aromatic rings. The number of benzene rings is 4. The van der Waals surface area contributed by atoms with Crippen molar-refractivity contribution in [3.05, 3.63) is 113 Å². The van der Waals surface area contributed by atoms with Crippen LogP contribution in [0.3, 0.4) is 0 Å². The first-order valence-electron chi connectivity index (χ1n) is 12.9. The lowest BCUT2D eigenvalue weighted by atomic mass is 9.86. The van der Waals surface area contributed by atoms with Gasteiger partial charge in [0.25, 0.3) is 0 Å². The monoisotopic (exact) mass is 543 g/mol. The minimum Gasteiger partial charge on any atom is -0.478 e. The van der Waals surface area contributed by atoms with Crippen molar-refractivity contribution >= 4 is 38.2 Å². The van der Waals surface area contributed by atoms with Gasteiger partial charge in [-0.05, 0) is 57.5 Å². The Hall–Kier alpha value is -3.97. The van der Waals surface area contributed by atoms with Crippen LogP contribution in [-0.2, 0) is 26.8 Å². The topological polar surface area (TPSA) is 101 Å². The van der Waals surface area contributed by atoms with Gasteiger partial charge in [-0.15, -0.1) is 0 Å². The third-order valence-corrected chi connectivity index (χ3v) is 7.57. The van der Waals surface area contributed by atoms with Crippen LogP contribution in [0.25, 0.3) is 10.8 Å². The number of carboxylic acids is 1. The molecule has 0 aliphatic heterocycles. The summed E-state index contributed by atoms with van der Waals surface area (Å²) in [5, 5.41) is 14.8. The Balaban J connectivity index is 1.76. The van der Waals surface area contributed by atoms with Crippen molar-refractivity contribution in [3.8, 4) is 0 Å². The Kier molecular flexibility index (Phi) is 8.51. The first kappa shape index (κ1) is 28.0. The van der Waals surface area contributed by atoms with Gasteiger partial charge in [0.05, 0.1) is 17.2 Å². The summed E-state index contributed by atoms with van der Waals surface area (Å²) < 4.78 is 24.0. The van der Waals surface area contributed by atoms with Crippen LogP contribution in [0.15, 0.2) is 84.9 Å². The first-order valence-corrected chi connectivity index (χ1v) is 15.0. The average molecular weight is 544 g/mol. The number of nitrogens with one attached hydrogen (secondary N) is 1. The van der Waals surface area contributed by atoms with Gasteiger partial charge in [-0.1, -0.05) is 86.6 Å². The maximum atomic E-state index is 13.9. The molecular formula is C32H33NO5S. The first-order chi connectivity index (χ1) is 18.5. The van der Waals surface area contributed by atoms with Crippen LogP contribution in [0.4, 0.5) is 5.69 Å². The van der Waals surface area contributed by atoms with E-state index in [0.717, 1.165) is 16.3 Å². The number of amides is 1. The molecule has 0 saturated carbocycles. The second-order valence-corrected chi connectivity index (χ2v) is 12.6. The summed E-state index contributed by atoms with van der Waals surface area (Å²) in [6.07, 6.45) is 2.06. The van der Waals surface area contributed by atoms with Crippen LogP contribution >= 0.6 is 0 Å². The lowest BCUT2D eigenvalue weighted by molar-refractivity contribution is -0.117. The summed E-state index contributed by atoms with van der Waals surface area (Å²) in [7, 11) is -3.30. The fraction of sp³-hybridized carbons (Fsp3) is 0.250. The molecule has 202 valence electrons. The molecule has 4 aromatic carbocycles. The van der Waals surface area contributed by atoms with E-state index in [9.17, 15) is 23.1 Å². The molecule has 0 bridgehead atoms. The number of carbonyl (C=O) groups excluding carboxylic acids is 1. The molecule has 6 nitrogen and oxygen atoms in total. The van der Waals surface area contributed by atoms with Crippen LogP contribution in [0.2, 0.25) is 0 Å². The number of carboxylic acid groups (broad SMARTS) is 1. The van der Waals surface area contributed by atoms with E-state index in [1.54, 1.807) is 42.5 Å². The van der Waals surface area contributed by atoms with Gasteiger partial charge in [0.1, 0.15) is 0 Å². The van der Waals surface area contributed by atoms with Gasteiger partial charge in [-0.3, -0.25) is 4.79 Å². The van der Waals surface area contributed by atoms with Crippen LogP contribution < -0.4 is 5.32 Å². The van der Waals surface area contributed by atoms with Crippen LogP contribution in [0.1, 0.15) is 58.8 Å². The van der Waals surface area contributed by atoms with Gasteiger partial charge in [-0.2, -0.15) is 0 Å². The second-order valence-electron chi connectivity index (χ2n) is 10.4. The van der Waals surface area contributed by atoms with E-state index in [1.165, 1.54) is 6.26 Å².